The zero-order chi connectivity index (χ0) is 41.4. The Balaban J connectivity index is 1.20. The topological polar surface area (TPSA) is 217 Å². The van der Waals surface area contributed by atoms with Gasteiger partial charge in [-0.05, 0) is 56.3 Å². The number of amides is 1. The smallest absolute Gasteiger partial charge is 0.234 e. The zero-order valence-corrected chi connectivity index (χ0v) is 33.4. The molecule has 0 saturated carbocycles. The number of nitrogens with zero attached hydrogens (tertiary/aromatic N) is 1. The third kappa shape index (κ3) is 13.6. The Bertz CT molecular complexity index is 1530. The fourth-order valence-electron chi connectivity index (χ4n) is 7.42. The van der Waals surface area contributed by atoms with E-state index in [2.05, 4.69) is 36.5 Å². The fourth-order valence-corrected chi connectivity index (χ4v) is 7.42. The van der Waals surface area contributed by atoms with Crippen LogP contribution in [0, 0.1) is 0 Å². The molecule has 3 aromatic carbocycles. The highest BCUT2D eigenvalue weighted by Crippen LogP contribution is 2.30. The van der Waals surface area contributed by atoms with Crippen molar-refractivity contribution in [1.82, 2.24) is 10.2 Å². The molecule has 14 heteroatoms. The molecule has 2 aliphatic rings. The molecule has 5 rings (SSSR count). The van der Waals surface area contributed by atoms with Crippen molar-refractivity contribution >= 4 is 5.91 Å². The van der Waals surface area contributed by atoms with E-state index in [0.717, 1.165) is 18.4 Å². The molecule has 2 heterocycles. The Hall–Kier alpha value is -3.35. The number of ether oxygens (including phenoxy) is 4. The number of nitrogens with two attached hydrogens (primary N) is 1. The fraction of sp³-hybridized carbons (Fsp3) is 0.568. The number of benzene rings is 3. The molecule has 2 saturated heterocycles. The monoisotopic (exact) mass is 809 g/mol. The van der Waals surface area contributed by atoms with Crippen LogP contribution in [0.4, 0.5) is 0 Å². The molecule has 2 fully saturated rings. The largest absolute Gasteiger partial charge is 0.389 e. The van der Waals surface area contributed by atoms with Crippen LogP contribution in [0.2, 0.25) is 0 Å². The molecule has 58 heavy (non-hydrogen) atoms. The minimum atomic E-state index is -1.55. The van der Waals surface area contributed by atoms with Crippen LogP contribution in [0.3, 0.4) is 0 Å². The molecular weight excluding hydrogens is 746 g/mol. The van der Waals surface area contributed by atoms with Crippen LogP contribution in [-0.2, 0) is 36.6 Å². The molecule has 2 unspecified atom stereocenters. The highest BCUT2D eigenvalue weighted by Gasteiger charge is 2.42. The van der Waals surface area contributed by atoms with Crippen molar-refractivity contribution in [3.05, 3.63) is 107 Å². The molecule has 2 aliphatic heterocycles. The number of hydrogen-bond acceptors (Lipinski definition) is 13. The minimum Gasteiger partial charge on any atom is -0.389 e. The first-order valence-electron chi connectivity index (χ1n) is 20.6. The Labute approximate surface area is 341 Å². The van der Waals surface area contributed by atoms with Gasteiger partial charge in [0, 0.05) is 24.2 Å². The molecule has 14 nitrogen and oxygen atoms in total. The summed E-state index contributed by atoms with van der Waals surface area (Å²) < 4.78 is 23.2. The molecule has 0 bridgehead atoms. The number of aliphatic hydroxyl groups is 6. The quantitative estimate of drug-likeness (QED) is 0.0644. The minimum absolute atomic E-state index is 0.128. The van der Waals surface area contributed by atoms with Gasteiger partial charge in [0.25, 0.3) is 0 Å². The number of aryl methyl sites for hydroxylation is 2. The summed E-state index contributed by atoms with van der Waals surface area (Å²) in [5.41, 5.74) is 9.55. The van der Waals surface area contributed by atoms with E-state index in [-0.39, 0.29) is 32.8 Å². The number of carbonyl (C=O) groups is 1. The highest BCUT2D eigenvalue weighted by molar-refractivity contribution is 5.79. The standard InChI is InChI=1S/C44H63N3O11/c1-2-3-6-12-29-17-19-30(20-18-29)21-22-33(42(45)54)46-23-11-24-47(25-34(48)38(52)40-36(50)27-55-43(57-40)31-13-7-4-8-14-31)26-35(49)39(53)41-37(51)28-56-44(58-41)32-15-9-5-10-16-32/h4-5,7-10,13-20,33-41,43-44,46,48-53H,2-3,6,11-12,21-28H2,1H3,(H2,45,54)/t33-,34-,35-,36+,37+,38+,39+,40+,41+,43?,44?/m0/s1. The maximum Gasteiger partial charge on any atom is 0.234 e. The van der Waals surface area contributed by atoms with E-state index in [0.29, 0.717) is 36.9 Å². The van der Waals surface area contributed by atoms with E-state index in [1.165, 1.54) is 18.4 Å². The highest BCUT2D eigenvalue weighted by atomic mass is 16.7. The van der Waals surface area contributed by atoms with Crippen molar-refractivity contribution in [2.24, 2.45) is 5.73 Å². The molecule has 3 aromatic rings. The molecule has 11 atom stereocenters. The van der Waals surface area contributed by atoms with Crippen molar-refractivity contribution in [3.8, 4) is 0 Å². The number of hydrogen-bond donors (Lipinski definition) is 8. The lowest BCUT2D eigenvalue weighted by molar-refractivity contribution is -0.285. The number of aliphatic hydroxyl groups excluding tert-OH is 6. The van der Waals surface area contributed by atoms with Crippen LogP contribution in [-0.4, -0.2) is 136 Å². The van der Waals surface area contributed by atoms with Crippen molar-refractivity contribution < 1.29 is 54.4 Å². The van der Waals surface area contributed by atoms with E-state index in [1.54, 1.807) is 29.2 Å². The third-order valence-electron chi connectivity index (χ3n) is 10.9. The molecule has 0 aromatic heterocycles. The lowest BCUT2D eigenvalue weighted by atomic mass is 9.99. The summed E-state index contributed by atoms with van der Waals surface area (Å²) in [6, 6.07) is 26.0. The summed E-state index contributed by atoms with van der Waals surface area (Å²) in [6.45, 7) is 2.16. The molecule has 0 radical (unpaired) electrons. The summed E-state index contributed by atoms with van der Waals surface area (Å²) in [6.07, 6.45) is -6.43. The predicted molar refractivity (Wildman–Crippen MR) is 216 cm³/mol. The Morgan fingerprint density at radius 2 is 1.21 bits per heavy atom. The van der Waals surface area contributed by atoms with E-state index in [4.69, 9.17) is 24.7 Å². The van der Waals surface area contributed by atoms with Crippen LogP contribution >= 0.6 is 0 Å². The van der Waals surface area contributed by atoms with E-state index in [1.807, 2.05) is 36.4 Å². The number of unbranched alkanes of at least 4 members (excludes halogenated alkanes) is 2. The van der Waals surface area contributed by atoms with Gasteiger partial charge in [0.2, 0.25) is 5.91 Å². The van der Waals surface area contributed by atoms with Gasteiger partial charge in [-0.3, -0.25) is 9.69 Å². The first kappa shape index (κ1) is 45.7. The van der Waals surface area contributed by atoms with Crippen LogP contribution in [0.5, 0.6) is 0 Å². The molecule has 0 aliphatic carbocycles. The Morgan fingerprint density at radius 3 is 1.67 bits per heavy atom. The summed E-state index contributed by atoms with van der Waals surface area (Å²) in [5, 5.41) is 70.0. The lowest BCUT2D eigenvalue weighted by Crippen LogP contribution is -2.56. The van der Waals surface area contributed by atoms with Crippen LogP contribution in [0.25, 0.3) is 0 Å². The van der Waals surface area contributed by atoms with Crippen molar-refractivity contribution in [1.29, 1.82) is 0 Å². The maximum atomic E-state index is 12.4. The second-order valence-electron chi connectivity index (χ2n) is 15.4. The Morgan fingerprint density at radius 1 is 0.724 bits per heavy atom. The summed E-state index contributed by atoms with van der Waals surface area (Å²) >= 11 is 0. The van der Waals surface area contributed by atoms with Crippen LogP contribution < -0.4 is 11.1 Å². The van der Waals surface area contributed by atoms with Gasteiger partial charge in [-0.1, -0.05) is 105 Å². The van der Waals surface area contributed by atoms with Gasteiger partial charge in [-0.25, -0.2) is 0 Å². The zero-order valence-electron chi connectivity index (χ0n) is 33.4. The number of carbonyl (C=O) groups excluding carboxylic acids is 1. The van der Waals surface area contributed by atoms with Gasteiger partial charge >= 0.3 is 0 Å². The van der Waals surface area contributed by atoms with E-state index >= 15 is 0 Å². The van der Waals surface area contributed by atoms with Gasteiger partial charge in [0.05, 0.1) is 31.5 Å². The van der Waals surface area contributed by atoms with Crippen molar-refractivity contribution in [3.63, 3.8) is 0 Å². The second-order valence-corrected chi connectivity index (χ2v) is 15.4. The van der Waals surface area contributed by atoms with Gasteiger partial charge in [0.1, 0.15) is 36.6 Å². The Kier molecular flexibility index (Phi) is 18.5. The SMILES string of the molecule is CCCCCc1ccc(CC[C@H](NCCCN(C[C@H](O)[C@@H](O)[C@@H]2OC(c3ccccc3)OC[C@H]2O)C[C@H](O)[C@@H](O)[C@@H]2OC(c3ccccc3)OC[C@H]2O)C(N)=O)cc1. The van der Waals surface area contributed by atoms with Gasteiger partial charge in [-0.2, -0.15) is 0 Å². The average molecular weight is 810 g/mol. The normalized spacial score (nSPS) is 25.2. The van der Waals surface area contributed by atoms with Crippen molar-refractivity contribution in [2.75, 3.05) is 39.4 Å². The number of primary amides is 1. The first-order valence-corrected chi connectivity index (χ1v) is 20.6. The van der Waals surface area contributed by atoms with Crippen molar-refractivity contribution in [2.45, 2.75) is 119 Å². The van der Waals surface area contributed by atoms with Gasteiger partial charge in [-0.15, -0.1) is 0 Å². The van der Waals surface area contributed by atoms with E-state index < -0.39 is 73.4 Å². The number of nitrogens with one attached hydrogen (secondary N) is 1. The third-order valence-corrected chi connectivity index (χ3v) is 10.9. The average Bonchev–Trinajstić information content (AvgIpc) is 3.24. The van der Waals surface area contributed by atoms with Gasteiger partial charge < -0.3 is 60.6 Å². The van der Waals surface area contributed by atoms with Crippen LogP contribution in [0.15, 0.2) is 84.9 Å². The van der Waals surface area contributed by atoms with Gasteiger partial charge in [0.15, 0.2) is 12.6 Å². The van der Waals surface area contributed by atoms with E-state index in [9.17, 15) is 35.4 Å². The maximum absolute atomic E-state index is 12.4. The molecule has 320 valence electrons. The lowest BCUT2D eigenvalue weighted by Gasteiger charge is -2.40. The molecule has 9 N–H and O–H groups in total. The molecule has 0 spiro atoms. The molecule has 1 amide bonds. The van der Waals surface area contributed by atoms with Crippen LogP contribution in [0.1, 0.15) is 73.9 Å². The molecular formula is C44H63N3O11. The second kappa shape index (κ2) is 23.4. The predicted octanol–water partition coefficient (Wildman–Crippen LogP) is 1.88. The first-order chi connectivity index (χ1) is 28.0. The number of rotatable bonds is 23. The summed E-state index contributed by atoms with van der Waals surface area (Å²) in [4.78, 5) is 14.1. The summed E-state index contributed by atoms with van der Waals surface area (Å²) in [7, 11) is 0. The summed E-state index contributed by atoms with van der Waals surface area (Å²) in [5.74, 6) is -0.474.